The molecule has 1 amide bonds. The van der Waals surface area contributed by atoms with Gasteiger partial charge in [0.1, 0.15) is 0 Å². The van der Waals surface area contributed by atoms with Crippen LogP contribution in [0.3, 0.4) is 0 Å². The largest absolute Gasteiger partial charge is 0.325 e. The summed E-state index contributed by atoms with van der Waals surface area (Å²) in [7, 11) is -1.97. The van der Waals surface area contributed by atoms with E-state index in [1.54, 1.807) is 19.1 Å². The first kappa shape index (κ1) is 18.1. The zero-order chi connectivity index (χ0) is 17.7. The summed E-state index contributed by atoms with van der Waals surface area (Å²) >= 11 is 0. The molecule has 0 saturated heterocycles. The van der Waals surface area contributed by atoms with Gasteiger partial charge in [0.25, 0.3) is 0 Å². The highest BCUT2D eigenvalue weighted by atomic mass is 32.2. The maximum absolute atomic E-state index is 12.1. The quantitative estimate of drug-likeness (QED) is 0.832. The zero-order valence-corrected chi connectivity index (χ0v) is 14.5. The Morgan fingerprint density at radius 2 is 1.83 bits per heavy atom. The van der Waals surface area contributed by atoms with Crippen molar-refractivity contribution in [2.24, 2.45) is 5.14 Å². The SMILES string of the molecule is Cc1ccc(NC(=O)CN(C)Cc2ccccc2)cc1S(N)(=O)=O. The third-order valence-electron chi connectivity index (χ3n) is 3.49. The fourth-order valence-electron chi connectivity index (χ4n) is 2.38. The summed E-state index contributed by atoms with van der Waals surface area (Å²) < 4.78 is 23.1. The Morgan fingerprint density at radius 1 is 1.17 bits per heavy atom. The third-order valence-corrected chi connectivity index (χ3v) is 4.54. The molecule has 0 aromatic heterocycles. The van der Waals surface area contributed by atoms with Crippen molar-refractivity contribution in [1.82, 2.24) is 4.90 Å². The van der Waals surface area contributed by atoms with Crippen LogP contribution in [0.5, 0.6) is 0 Å². The number of sulfonamides is 1. The van der Waals surface area contributed by atoms with E-state index in [2.05, 4.69) is 5.32 Å². The molecule has 2 aromatic carbocycles. The van der Waals surface area contributed by atoms with Gasteiger partial charge in [-0.05, 0) is 37.2 Å². The van der Waals surface area contributed by atoms with Crippen LogP contribution in [0.25, 0.3) is 0 Å². The van der Waals surface area contributed by atoms with Crippen molar-refractivity contribution in [2.45, 2.75) is 18.4 Å². The van der Waals surface area contributed by atoms with Crippen LogP contribution in [0.1, 0.15) is 11.1 Å². The highest BCUT2D eigenvalue weighted by molar-refractivity contribution is 7.89. The highest BCUT2D eigenvalue weighted by Gasteiger charge is 2.14. The summed E-state index contributed by atoms with van der Waals surface area (Å²) in [6.45, 7) is 2.48. The second-order valence-electron chi connectivity index (χ2n) is 5.73. The van der Waals surface area contributed by atoms with Gasteiger partial charge in [-0.3, -0.25) is 9.69 Å². The molecule has 2 rings (SSSR count). The van der Waals surface area contributed by atoms with E-state index in [0.717, 1.165) is 5.56 Å². The van der Waals surface area contributed by atoms with Crippen molar-refractivity contribution in [2.75, 3.05) is 18.9 Å². The highest BCUT2D eigenvalue weighted by Crippen LogP contribution is 2.19. The van der Waals surface area contributed by atoms with Gasteiger partial charge in [0, 0.05) is 12.2 Å². The number of nitrogens with two attached hydrogens (primary N) is 1. The monoisotopic (exact) mass is 347 g/mol. The molecule has 24 heavy (non-hydrogen) atoms. The Labute approximate surface area is 142 Å². The second kappa shape index (κ2) is 7.57. The molecule has 0 heterocycles. The minimum Gasteiger partial charge on any atom is -0.325 e. The van der Waals surface area contributed by atoms with Crippen LogP contribution in [-0.2, 0) is 21.4 Å². The molecule has 0 unspecified atom stereocenters. The smallest absolute Gasteiger partial charge is 0.238 e. The molecule has 0 aliphatic heterocycles. The fourth-order valence-corrected chi connectivity index (χ4v) is 3.19. The van der Waals surface area contributed by atoms with Crippen LogP contribution in [0.2, 0.25) is 0 Å². The number of nitrogens with one attached hydrogen (secondary N) is 1. The van der Waals surface area contributed by atoms with Crippen molar-refractivity contribution >= 4 is 21.6 Å². The summed E-state index contributed by atoms with van der Waals surface area (Å²) in [4.78, 5) is 14.0. The Balaban J connectivity index is 2.00. The van der Waals surface area contributed by atoms with Crippen LogP contribution in [0.15, 0.2) is 53.4 Å². The number of carbonyl (C=O) groups excluding carboxylic acids is 1. The van der Waals surface area contributed by atoms with Gasteiger partial charge in [0.2, 0.25) is 15.9 Å². The molecule has 0 spiro atoms. The van der Waals surface area contributed by atoms with Crippen molar-refractivity contribution in [1.29, 1.82) is 0 Å². The maximum atomic E-state index is 12.1. The van der Waals surface area contributed by atoms with Crippen molar-refractivity contribution in [3.8, 4) is 0 Å². The molecule has 0 aliphatic rings. The molecule has 0 aliphatic carbocycles. The molecule has 3 N–H and O–H groups in total. The van der Waals surface area contributed by atoms with Gasteiger partial charge in [-0.15, -0.1) is 0 Å². The van der Waals surface area contributed by atoms with E-state index in [1.807, 2.05) is 42.3 Å². The number of primary sulfonamides is 1. The van der Waals surface area contributed by atoms with Crippen molar-refractivity contribution < 1.29 is 13.2 Å². The number of hydrogen-bond donors (Lipinski definition) is 2. The summed E-state index contributed by atoms with van der Waals surface area (Å²) in [5, 5.41) is 7.87. The van der Waals surface area contributed by atoms with Gasteiger partial charge in [0.05, 0.1) is 11.4 Å². The molecule has 128 valence electrons. The van der Waals surface area contributed by atoms with E-state index >= 15 is 0 Å². The van der Waals surface area contributed by atoms with Crippen LogP contribution in [0, 0.1) is 6.92 Å². The summed E-state index contributed by atoms with van der Waals surface area (Å²) in [5.41, 5.74) is 2.05. The molecular weight excluding hydrogens is 326 g/mol. The number of carbonyl (C=O) groups is 1. The number of amides is 1. The molecule has 0 bridgehead atoms. The van der Waals surface area contributed by atoms with Gasteiger partial charge in [-0.1, -0.05) is 36.4 Å². The number of nitrogens with zero attached hydrogens (tertiary/aromatic N) is 1. The molecule has 0 fully saturated rings. The molecule has 7 heteroatoms. The Hall–Kier alpha value is -2.22. The summed E-state index contributed by atoms with van der Waals surface area (Å²) in [6.07, 6.45) is 0. The lowest BCUT2D eigenvalue weighted by Crippen LogP contribution is -2.29. The lowest BCUT2D eigenvalue weighted by Gasteiger charge is -2.16. The lowest BCUT2D eigenvalue weighted by molar-refractivity contribution is -0.117. The zero-order valence-electron chi connectivity index (χ0n) is 13.7. The minimum atomic E-state index is -3.82. The molecule has 0 atom stereocenters. The number of hydrogen-bond acceptors (Lipinski definition) is 4. The standard InChI is InChI=1S/C17H21N3O3S/c1-13-8-9-15(10-16(13)24(18,22)23)19-17(21)12-20(2)11-14-6-4-3-5-7-14/h3-10H,11-12H2,1-2H3,(H,19,21)(H2,18,22,23). The lowest BCUT2D eigenvalue weighted by atomic mass is 10.2. The van der Waals surface area contributed by atoms with Crippen molar-refractivity contribution in [3.63, 3.8) is 0 Å². The van der Waals surface area contributed by atoms with Crippen LogP contribution < -0.4 is 10.5 Å². The van der Waals surface area contributed by atoms with E-state index in [9.17, 15) is 13.2 Å². The van der Waals surface area contributed by atoms with Gasteiger partial charge in [-0.2, -0.15) is 0 Å². The summed E-state index contributed by atoms with van der Waals surface area (Å²) in [6, 6.07) is 14.5. The second-order valence-corrected chi connectivity index (χ2v) is 7.26. The summed E-state index contributed by atoms with van der Waals surface area (Å²) in [5.74, 6) is -0.224. The number of rotatable bonds is 6. The van der Waals surface area contributed by atoms with Crippen LogP contribution in [-0.4, -0.2) is 32.8 Å². The topological polar surface area (TPSA) is 92.5 Å². The first-order chi connectivity index (χ1) is 11.3. The van der Waals surface area contributed by atoms with Crippen molar-refractivity contribution in [3.05, 3.63) is 59.7 Å². The van der Waals surface area contributed by atoms with E-state index in [0.29, 0.717) is 17.8 Å². The van der Waals surface area contributed by atoms with Gasteiger partial charge >= 0.3 is 0 Å². The number of benzene rings is 2. The number of aryl methyl sites for hydroxylation is 1. The number of anilines is 1. The molecule has 6 nitrogen and oxygen atoms in total. The third kappa shape index (κ3) is 5.16. The predicted octanol–water partition coefficient (Wildman–Crippen LogP) is 1.71. The molecule has 2 aromatic rings. The maximum Gasteiger partial charge on any atom is 0.238 e. The average Bonchev–Trinajstić information content (AvgIpc) is 2.48. The van der Waals surface area contributed by atoms with Gasteiger partial charge in [0.15, 0.2) is 0 Å². The normalized spacial score (nSPS) is 11.5. The van der Waals surface area contributed by atoms with Crippen LogP contribution >= 0.6 is 0 Å². The predicted molar refractivity (Wildman–Crippen MR) is 94.0 cm³/mol. The Kier molecular flexibility index (Phi) is 5.71. The molecule has 0 radical (unpaired) electrons. The average molecular weight is 347 g/mol. The Bertz CT molecular complexity index is 820. The van der Waals surface area contributed by atoms with E-state index in [1.165, 1.54) is 6.07 Å². The van der Waals surface area contributed by atoms with Crippen LogP contribution in [0.4, 0.5) is 5.69 Å². The molecule has 0 saturated carbocycles. The fraction of sp³-hybridized carbons (Fsp3) is 0.235. The minimum absolute atomic E-state index is 0.0120. The first-order valence-electron chi connectivity index (χ1n) is 7.41. The Morgan fingerprint density at radius 3 is 2.46 bits per heavy atom. The van der Waals surface area contributed by atoms with E-state index in [-0.39, 0.29) is 17.3 Å². The molecular formula is C17H21N3O3S. The van der Waals surface area contributed by atoms with E-state index in [4.69, 9.17) is 5.14 Å². The van der Waals surface area contributed by atoms with Gasteiger partial charge in [-0.25, -0.2) is 13.6 Å². The first-order valence-corrected chi connectivity index (χ1v) is 8.96. The van der Waals surface area contributed by atoms with Gasteiger partial charge < -0.3 is 5.32 Å². The number of likely N-dealkylation sites (N-methyl/N-ethyl adjacent to an activating group) is 1. The van der Waals surface area contributed by atoms with E-state index < -0.39 is 10.0 Å².